The average Bonchev–Trinajstić information content (AvgIpc) is 2.95. The Bertz CT molecular complexity index is 380. The fourth-order valence-corrected chi connectivity index (χ4v) is 3.66. The number of hydrogen-bond acceptors (Lipinski definition) is 4. The second-order valence-electron chi connectivity index (χ2n) is 5.62. The number of aliphatic hydroxyl groups excluding tert-OH is 1. The highest BCUT2D eigenvalue weighted by molar-refractivity contribution is 7.09. The smallest absolute Gasteiger partial charge is 0.0928 e. The molecule has 1 aromatic heterocycles. The van der Waals surface area contributed by atoms with Crippen LogP contribution in [0.25, 0.3) is 0 Å². The molecule has 0 aliphatic heterocycles. The summed E-state index contributed by atoms with van der Waals surface area (Å²) in [7, 11) is 0. The van der Waals surface area contributed by atoms with Crippen LogP contribution in [0.5, 0.6) is 0 Å². The standard InChI is InChI=1S/C14H24N2OS/c1-3-5-13-16-11(9-18-13)8-15-12-6-4-7-14(12,2)10-17/h9,12,15,17H,3-8,10H2,1-2H3/t12-,14+/m1/s1. The maximum absolute atomic E-state index is 9.51. The van der Waals surface area contributed by atoms with E-state index >= 15 is 0 Å². The van der Waals surface area contributed by atoms with Crippen LogP contribution < -0.4 is 5.32 Å². The van der Waals surface area contributed by atoms with Gasteiger partial charge in [0.1, 0.15) is 0 Å². The molecule has 0 unspecified atom stereocenters. The van der Waals surface area contributed by atoms with Crippen LogP contribution in [0.3, 0.4) is 0 Å². The van der Waals surface area contributed by atoms with Gasteiger partial charge in [-0.2, -0.15) is 0 Å². The number of aliphatic hydroxyl groups is 1. The molecule has 0 amide bonds. The second kappa shape index (κ2) is 6.13. The van der Waals surface area contributed by atoms with Gasteiger partial charge in [-0.1, -0.05) is 20.3 Å². The zero-order valence-electron chi connectivity index (χ0n) is 11.4. The molecule has 2 N–H and O–H groups in total. The van der Waals surface area contributed by atoms with E-state index in [1.807, 2.05) is 0 Å². The SMILES string of the molecule is CCCc1nc(CN[C@@H]2CCC[C@@]2(C)CO)cs1. The van der Waals surface area contributed by atoms with Crippen LogP contribution in [0.4, 0.5) is 0 Å². The molecule has 2 atom stereocenters. The van der Waals surface area contributed by atoms with Crippen molar-refractivity contribution < 1.29 is 5.11 Å². The minimum Gasteiger partial charge on any atom is -0.396 e. The monoisotopic (exact) mass is 268 g/mol. The molecule has 1 heterocycles. The molecule has 0 spiro atoms. The Labute approximate surface area is 114 Å². The second-order valence-corrected chi connectivity index (χ2v) is 6.56. The van der Waals surface area contributed by atoms with Gasteiger partial charge in [-0.25, -0.2) is 4.98 Å². The van der Waals surface area contributed by atoms with E-state index in [0.29, 0.717) is 6.04 Å². The van der Waals surface area contributed by atoms with Crippen molar-refractivity contribution in [3.05, 3.63) is 16.1 Å². The number of hydrogen-bond donors (Lipinski definition) is 2. The molecular weight excluding hydrogens is 244 g/mol. The van der Waals surface area contributed by atoms with Crippen molar-refractivity contribution in [2.45, 2.75) is 58.5 Å². The van der Waals surface area contributed by atoms with Crippen LogP contribution in [0.15, 0.2) is 5.38 Å². The topological polar surface area (TPSA) is 45.2 Å². The van der Waals surface area contributed by atoms with Crippen LogP contribution in [0.2, 0.25) is 0 Å². The van der Waals surface area contributed by atoms with Gasteiger partial charge in [0.05, 0.1) is 10.7 Å². The van der Waals surface area contributed by atoms with Gasteiger partial charge in [0.15, 0.2) is 0 Å². The predicted molar refractivity (Wildman–Crippen MR) is 75.8 cm³/mol. The highest BCUT2D eigenvalue weighted by Crippen LogP contribution is 2.37. The van der Waals surface area contributed by atoms with Gasteiger partial charge >= 0.3 is 0 Å². The lowest BCUT2D eigenvalue weighted by Crippen LogP contribution is -2.41. The molecule has 0 bridgehead atoms. The van der Waals surface area contributed by atoms with Gasteiger partial charge in [0.25, 0.3) is 0 Å². The Hall–Kier alpha value is -0.450. The Balaban J connectivity index is 1.87. The minimum absolute atomic E-state index is 0.0578. The molecule has 0 saturated heterocycles. The van der Waals surface area contributed by atoms with Crippen molar-refractivity contribution in [3.8, 4) is 0 Å². The molecule has 0 radical (unpaired) electrons. The van der Waals surface area contributed by atoms with Crippen LogP contribution >= 0.6 is 11.3 Å². The van der Waals surface area contributed by atoms with E-state index in [0.717, 1.165) is 31.5 Å². The van der Waals surface area contributed by atoms with E-state index in [9.17, 15) is 5.11 Å². The van der Waals surface area contributed by atoms with Crippen molar-refractivity contribution in [1.82, 2.24) is 10.3 Å². The Kier molecular flexibility index (Phi) is 4.76. The van der Waals surface area contributed by atoms with Crippen LogP contribution in [-0.2, 0) is 13.0 Å². The normalized spacial score (nSPS) is 27.8. The third-order valence-electron chi connectivity index (χ3n) is 4.04. The summed E-state index contributed by atoms with van der Waals surface area (Å²) in [6.45, 7) is 5.48. The molecule has 4 heteroatoms. The number of thiazole rings is 1. The fourth-order valence-electron chi connectivity index (χ4n) is 2.76. The highest BCUT2D eigenvalue weighted by atomic mass is 32.1. The molecule has 0 aromatic carbocycles. The van der Waals surface area contributed by atoms with E-state index in [2.05, 4.69) is 29.5 Å². The molecule has 1 fully saturated rings. The van der Waals surface area contributed by atoms with Gasteiger partial charge < -0.3 is 10.4 Å². The lowest BCUT2D eigenvalue weighted by atomic mass is 9.86. The maximum Gasteiger partial charge on any atom is 0.0928 e. The van der Waals surface area contributed by atoms with Crippen molar-refractivity contribution in [2.24, 2.45) is 5.41 Å². The predicted octanol–water partition coefficient (Wildman–Crippen LogP) is 2.74. The Morgan fingerprint density at radius 1 is 1.61 bits per heavy atom. The number of nitrogens with one attached hydrogen (secondary N) is 1. The number of aryl methyl sites for hydroxylation is 1. The molecule has 1 aliphatic rings. The van der Waals surface area contributed by atoms with Crippen molar-refractivity contribution >= 4 is 11.3 Å². The van der Waals surface area contributed by atoms with E-state index in [1.54, 1.807) is 11.3 Å². The van der Waals surface area contributed by atoms with Gasteiger partial charge in [0.2, 0.25) is 0 Å². The molecule has 3 nitrogen and oxygen atoms in total. The van der Waals surface area contributed by atoms with Gasteiger partial charge in [-0.3, -0.25) is 0 Å². The number of aromatic nitrogens is 1. The summed E-state index contributed by atoms with van der Waals surface area (Å²) in [4.78, 5) is 4.63. The largest absolute Gasteiger partial charge is 0.396 e. The summed E-state index contributed by atoms with van der Waals surface area (Å²) < 4.78 is 0. The molecule has 102 valence electrons. The van der Waals surface area contributed by atoms with Crippen LogP contribution in [0, 0.1) is 5.41 Å². The summed E-state index contributed by atoms with van der Waals surface area (Å²) in [6, 6.07) is 0.429. The zero-order chi connectivity index (χ0) is 13.0. The van der Waals surface area contributed by atoms with Crippen LogP contribution in [0.1, 0.15) is 50.2 Å². The lowest BCUT2D eigenvalue weighted by Gasteiger charge is -2.30. The summed E-state index contributed by atoms with van der Waals surface area (Å²) in [5.74, 6) is 0. The Morgan fingerprint density at radius 3 is 3.17 bits per heavy atom. The molecule has 18 heavy (non-hydrogen) atoms. The first-order valence-electron chi connectivity index (χ1n) is 6.95. The summed E-state index contributed by atoms with van der Waals surface area (Å²) in [5.41, 5.74) is 1.21. The molecule has 1 aliphatic carbocycles. The molecule has 2 rings (SSSR count). The quantitative estimate of drug-likeness (QED) is 0.834. The molecule has 1 saturated carbocycles. The van der Waals surface area contributed by atoms with Crippen molar-refractivity contribution in [3.63, 3.8) is 0 Å². The highest BCUT2D eigenvalue weighted by Gasteiger charge is 2.37. The summed E-state index contributed by atoms with van der Waals surface area (Å²) >= 11 is 1.76. The molecular formula is C14H24N2OS. The van der Waals surface area contributed by atoms with Crippen molar-refractivity contribution in [2.75, 3.05) is 6.61 Å². The average molecular weight is 268 g/mol. The third kappa shape index (κ3) is 3.11. The zero-order valence-corrected chi connectivity index (χ0v) is 12.2. The first-order chi connectivity index (χ1) is 8.68. The van der Waals surface area contributed by atoms with Gasteiger partial charge in [0, 0.05) is 30.0 Å². The summed E-state index contributed by atoms with van der Waals surface area (Å²) in [6.07, 6.45) is 5.75. The molecule has 1 aromatic rings. The van der Waals surface area contributed by atoms with E-state index < -0.39 is 0 Å². The number of rotatable bonds is 6. The lowest BCUT2D eigenvalue weighted by molar-refractivity contribution is 0.118. The maximum atomic E-state index is 9.51. The fraction of sp³-hybridized carbons (Fsp3) is 0.786. The Morgan fingerprint density at radius 2 is 2.44 bits per heavy atom. The number of nitrogens with zero attached hydrogens (tertiary/aromatic N) is 1. The van der Waals surface area contributed by atoms with Gasteiger partial charge in [-0.05, 0) is 25.7 Å². The van der Waals surface area contributed by atoms with E-state index in [-0.39, 0.29) is 12.0 Å². The third-order valence-corrected chi connectivity index (χ3v) is 4.99. The van der Waals surface area contributed by atoms with Crippen LogP contribution in [-0.4, -0.2) is 22.7 Å². The van der Waals surface area contributed by atoms with Gasteiger partial charge in [-0.15, -0.1) is 11.3 Å². The summed E-state index contributed by atoms with van der Waals surface area (Å²) in [5, 5.41) is 16.5. The van der Waals surface area contributed by atoms with E-state index in [1.165, 1.54) is 17.8 Å². The first-order valence-corrected chi connectivity index (χ1v) is 7.83. The van der Waals surface area contributed by atoms with E-state index in [4.69, 9.17) is 0 Å². The van der Waals surface area contributed by atoms with Crippen molar-refractivity contribution in [1.29, 1.82) is 0 Å². The minimum atomic E-state index is 0.0578. The first kappa shape index (κ1) is 14.0.